The van der Waals surface area contributed by atoms with Crippen molar-refractivity contribution in [3.05, 3.63) is 59.0 Å². The van der Waals surface area contributed by atoms with Crippen LogP contribution in [-0.2, 0) is 4.79 Å². The van der Waals surface area contributed by atoms with Crippen LogP contribution in [0.1, 0.15) is 53.2 Å². The molecule has 1 aromatic heterocycles. The molecule has 0 radical (unpaired) electrons. The summed E-state index contributed by atoms with van der Waals surface area (Å²) in [6, 6.07) is 10.6. The Hall–Kier alpha value is -3.00. The molecule has 1 aliphatic heterocycles. The van der Waals surface area contributed by atoms with Crippen molar-refractivity contribution in [2.45, 2.75) is 50.6 Å². The van der Waals surface area contributed by atoms with Crippen LogP contribution >= 0.6 is 0 Å². The molecule has 1 aliphatic carbocycles. The van der Waals surface area contributed by atoms with Crippen LogP contribution in [-0.4, -0.2) is 53.4 Å². The highest BCUT2D eigenvalue weighted by Gasteiger charge is 2.35. The monoisotopic (exact) mass is 439 g/mol. The molecule has 0 bridgehead atoms. The summed E-state index contributed by atoms with van der Waals surface area (Å²) in [5, 5.41) is 5.57. The Morgan fingerprint density at radius 3 is 2.59 bits per heavy atom. The zero-order valence-corrected chi connectivity index (χ0v) is 18.3. The lowest BCUT2D eigenvalue weighted by Gasteiger charge is -2.46. The maximum Gasteiger partial charge on any atom is 0.251 e. The van der Waals surface area contributed by atoms with Gasteiger partial charge in [-0.25, -0.2) is 9.37 Å². The lowest BCUT2D eigenvalue weighted by molar-refractivity contribution is -0.122. The first-order valence-electron chi connectivity index (χ1n) is 11.2. The summed E-state index contributed by atoms with van der Waals surface area (Å²) in [6.45, 7) is 3.18. The first kappa shape index (κ1) is 22.2. The van der Waals surface area contributed by atoms with Crippen molar-refractivity contribution in [3.63, 3.8) is 0 Å². The number of carbonyl (C=O) groups excluding carboxylic acids is 2. The number of benzene rings is 1. The van der Waals surface area contributed by atoms with Crippen molar-refractivity contribution < 1.29 is 14.0 Å². The van der Waals surface area contributed by atoms with Crippen molar-refractivity contribution in [2.75, 3.05) is 25.4 Å². The van der Waals surface area contributed by atoms with E-state index in [4.69, 9.17) is 5.73 Å². The van der Waals surface area contributed by atoms with E-state index in [1.54, 1.807) is 6.92 Å². The van der Waals surface area contributed by atoms with Gasteiger partial charge < -0.3 is 16.4 Å². The van der Waals surface area contributed by atoms with Gasteiger partial charge >= 0.3 is 0 Å². The number of carbonyl (C=O) groups is 2. The fourth-order valence-electron chi connectivity index (χ4n) is 4.66. The number of aryl methyl sites for hydroxylation is 1. The summed E-state index contributed by atoms with van der Waals surface area (Å²) in [5.74, 6) is 0.0990. The quantitative estimate of drug-likeness (QED) is 0.642. The lowest BCUT2D eigenvalue weighted by atomic mass is 9.82. The fourth-order valence-corrected chi connectivity index (χ4v) is 4.66. The second-order valence-electron chi connectivity index (χ2n) is 8.86. The van der Waals surface area contributed by atoms with Gasteiger partial charge in [0.25, 0.3) is 5.91 Å². The Labute approximate surface area is 187 Å². The minimum Gasteiger partial charge on any atom is -0.384 e. The number of hydrogen-bond acceptors (Lipinski definition) is 5. The molecule has 2 heterocycles. The minimum absolute atomic E-state index is 0.0932. The molecule has 2 amide bonds. The van der Waals surface area contributed by atoms with Crippen molar-refractivity contribution in [2.24, 2.45) is 0 Å². The van der Waals surface area contributed by atoms with E-state index in [0.717, 1.165) is 44.5 Å². The normalized spacial score (nSPS) is 21.6. The molecule has 32 heavy (non-hydrogen) atoms. The molecule has 2 aromatic rings. The third kappa shape index (κ3) is 5.24. The second-order valence-corrected chi connectivity index (χ2v) is 8.86. The molecular weight excluding hydrogens is 409 g/mol. The summed E-state index contributed by atoms with van der Waals surface area (Å²) >= 11 is 0. The summed E-state index contributed by atoms with van der Waals surface area (Å²) in [6.07, 6.45) is 4.44. The first-order chi connectivity index (χ1) is 15.4. The van der Waals surface area contributed by atoms with E-state index in [1.807, 2.05) is 12.1 Å². The fraction of sp³-hybridized carbons (Fsp3) is 0.458. The van der Waals surface area contributed by atoms with E-state index >= 15 is 0 Å². The number of anilines is 1. The number of rotatable bonds is 6. The van der Waals surface area contributed by atoms with Gasteiger partial charge in [0.1, 0.15) is 11.6 Å². The van der Waals surface area contributed by atoms with Crippen molar-refractivity contribution in [1.29, 1.82) is 0 Å². The van der Waals surface area contributed by atoms with Gasteiger partial charge in [-0.1, -0.05) is 6.07 Å². The number of nitrogens with one attached hydrogen (secondary N) is 2. The predicted octanol–water partition coefficient (Wildman–Crippen LogP) is 2.37. The number of hydrogen-bond donors (Lipinski definition) is 3. The first-order valence-corrected chi connectivity index (χ1v) is 11.2. The molecule has 2 fully saturated rings. The molecule has 0 unspecified atom stereocenters. The van der Waals surface area contributed by atoms with Crippen LogP contribution in [0, 0.1) is 12.7 Å². The molecule has 4 rings (SSSR count). The summed E-state index contributed by atoms with van der Waals surface area (Å²) in [5.41, 5.74) is 7.65. The smallest absolute Gasteiger partial charge is 0.251 e. The highest BCUT2D eigenvalue weighted by atomic mass is 19.1. The number of nitrogen functional groups attached to an aromatic ring is 1. The Bertz CT molecular complexity index is 984. The largest absolute Gasteiger partial charge is 0.384 e. The molecule has 0 atom stereocenters. The number of aromatic nitrogens is 1. The topological polar surface area (TPSA) is 100 Å². The lowest BCUT2D eigenvalue weighted by Crippen LogP contribution is -2.63. The van der Waals surface area contributed by atoms with Gasteiger partial charge in [0.15, 0.2) is 0 Å². The number of pyridine rings is 1. The SMILES string of the molecule is Cc1cc(C(=O)NCC(=O)NC2CN(C3CCC(c4cccc(N)n4)CC3)C2)ccc1F. The van der Waals surface area contributed by atoms with E-state index in [0.29, 0.717) is 28.9 Å². The Morgan fingerprint density at radius 1 is 1.16 bits per heavy atom. The molecule has 7 nitrogen and oxygen atoms in total. The zero-order valence-electron chi connectivity index (χ0n) is 18.3. The highest BCUT2D eigenvalue weighted by molar-refractivity contribution is 5.96. The van der Waals surface area contributed by atoms with Crippen LogP contribution in [0.25, 0.3) is 0 Å². The number of nitrogens with zero attached hydrogens (tertiary/aromatic N) is 2. The van der Waals surface area contributed by atoms with Crippen molar-refractivity contribution in [1.82, 2.24) is 20.5 Å². The third-order valence-electron chi connectivity index (χ3n) is 6.53. The van der Waals surface area contributed by atoms with Gasteiger partial charge in [0, 0.05) is 36.3 Å². The standard InChI is InChI=1S/C24H30FN5O2/c1-15-11-17(7-10-20(15)25)24(32)27-12-23(31)28-18-13-30(14-18)19-8-5-16(6-9-19)21-3-2-4-22(26)29-21/h2-4,7,10-11,16,18-19H,5-6,8-9,12-14H2,1H3,(H2,26,29)(H,27,32)(H,28,31). The van der Waals surface area contributed by atoms with Crippen LogP contribution in [0.15, 0.2) is 36.4 Å². The molecule has 1 aromatic carbocycles. The van der Waals surface area contributed by atoms with Crippen LogP contribution in [0.5, 0.6) is 0 Å². The van der Waals surface area contributed by atoms with Gasteiger partial charge in [0.05, 0.1) is 12.6 Å². The highest BCUT2D eigenvalue weighted by Crippen LogP contribution is 2.35. The van der Waals surface area contributed by atoms with E-state index in [1.165, 1.54) is 18.2 Å². The molecule has 0 spiro atoms. The van der Waals surface area contributed by atoms with Gasteiger partial charge in [-0.15, -0.1) is 0 Å². The third-order valence-corrected chi connectivity index (χ3v) is 6.53. The molecule has 8 heteroatoms. The molecule has 1 saturated carbocycles. The van der Waals surface area contributed by atoms with Crippen LogP contribution in [0.4, 0.5) is 10.2 Å². The summed E-state index contributed by atoms with van der Waals surface area (Å²) < 4.78 is 13.3. The molecule has 2 aliphatic rings. The van der Waals surface area contributed by atoms with Crippen LogP contribution in [0.3, 0.4) is 0 Å². The number of likely N-dealkylation sites (tertiary alicyclic amines) is 1. The van der Waals surface area contributed by atoms with Gasteiger partial charge in [-0.05, 0) is 68.5 Å². The molecule has 170 valence electrons. The molecular formula is C24H30FN5O2. The summed E-state index contributed by atoms with van der Waals surface area (Å²) in [7, 11) is 0. The van der Waals surface area contributed by atoms with Gasteiger partial charge in [-0.2, -0.15) is 0 Å². The average Bonchev–Trinajstić information content (AvgIpc) is 2.76. The van der Waals surface area contributed by atoms with Gasteiger partial charge in [-0.3, -0.25) is 14.5 Å². The Morgan fingerprint density at radius 2 is 1.91 bits per heavy atom. The molecule has 1 saturated heterocycles. The van der Waals surface area contributed by atoms with Crippen LogP contribution in [0.2, 0.25) is 0 Å². The average molecular weight is 440 g/mol. The second kappa shape index (κ2) is 9.65. The van der Waals surface area contributed by atoms with E-state index in [9.17, 15) is 14.0 Å². The number of nitrogens with two attached hydrogens (primary N) is 1. The maximum atomic E-state index is 13.3. The minimum atomic E-state index is -0.384. The predicted molar refractivity (Wildman–Crippen MR) is 121 cm³/mol. The number of halogens is 1. The van der Waals surface area contributed by atoms with Gasteiger partial charge in [0.2, 0.25) is 5.91 Å². The van der Waals surface area contributed by atoms with Crippen molar-refractivity contribution >= 4 is 17.6 Å². The van der Waals surface area contributed by atoms with E-state index in [-0.39, 0.29) is 30.2 Å². The maximum absolute atomic E-state index is 13.3. The van der Waals surface area contributed by atoms with E-state index in [2.05, 4.69) is 26.6 Å². The molecule has 4 N–H and O–H groups in total. The van der Waals surface area contributed by atoms with Crippen molar-refractivity contribution in [3.8, 4) is 0 Å². The van der Waals surface area contributed by atoms with Crippen LogP contribution < -0.4 is 16.4 Å². The number of amides is 2. The Balaban J connectivity index is 1.15. The summed E-state index contributed by atoms with van der Waals surface area (Å²) in [4.78, 5) is 31.2. The zero-order chi connectivity index (χ0) is 22.7. The van der Waals surface area contributed by atoms with E-state index < -0.39 is 0 Å². The Kier molecular flexibility index (Phi) is 6.69.